The number of amides is 2. The molecule has 0 saturated heterocycles. The number of aromatic amines is 1. The van der Waals surface area contributed by atoms with Gasteiger partial charge in [-0.25, -0.2) is 0 Å². The lowest BCUT2D eigenvalue weighted by molar-refractivity contribution is -0.129. The lowest BCUT2D eigenvalue weighted by atomic mass is 9.79. The first-order chi connectivity index (χ1) is 13.0. The van der Waals surface area contributed by atoms with Gasteiger partial charge in [0.2, 0.25) is 5.56 Å². The molecule has 2 aliphatic rings. The van der Waals surface area contributed by atoms with Gasteiger partial charge >= 0.3 is 0 Å². The number of benzene rings is 1. The number of rotatable bonds is 3. The van der Waals surface area contributed by atoms with Gasteiger partial charge in [0, 0.05) is 18.2 Å². The molecule has 0 atom stereocenters. The smallest absolute Gasteiger partial charge is 0.255 e. The third-order valence-corrected chi connectivity index (χ3v) is 5.84. The highest BCUT2D eigenvalue weighted by Gasteiger charge is 2.49. The largest absolute Gasteiger partial charge is 0.320 e. The number of pyridine rings is 1. The average molecular weight is 365 g/mol. The maximum atomic E-state index is 13.3. The first-order valence-corrected chi connectivity index (χ1v) is 9.42. The fourth-order valence-corrected chi connectivity index (χ4v) is 4.35. The van der Waals surface area contributed by atoms with Gasteiger partial charge in [-0.15, -0.1) is 0 Å². The van der Waals surface area contributed by atoms with Gasteiger partial charge in [0.05, 0.1) is 0 Å². The first-order valence-electron chi connectivity index (χ1n) is 9.42. The monoisotopic (exact) mass is 365 g/mol. The molecule has 1 aromatic carbocycles. The molecule has 1 aliphatic heterocycles. The maximum Gasteiger partial charge on any atom is 0.255 e. The fraction of sp³-hybridized carbons (Fsp3) is 0.381. The van der Waals surface area contributed by atoms with E-state index < -0.39 is 5.54 Å². The molecule has 1 aliphatic carbocycles. The molecule has 1 aromatic heterocycles. The number of H-pyrrole nitrogens is 1. The molecule has 4 rings (SSSR count). The Morgan fingerprint density at radius 1 is 1.07 bits per heavy atom. The quantitative estimate of drug-likeness (QED) is 0.877. The molecule has 1 saturated carbocycles. The van der Waals surface area contributed by atoms with Crippen molar-refractivity contribution in [3.05, 3.63) is 63.4 Å². The van der Waals surface area contributed by atoms with Crippen LogP contribution >= 0.6 is 0 Å². The molecule has 0 bridgehead atoms. The van der Waals surface area contributed by atoms with Crippen LogP contribution in [0.1, 0.15) is 53.6 Å². The Balaban J connectivity index is 1.69. The van der Waals surface area contributed by atoms with Crippen molar-refractivity contribution in [2.24, 2.45) is 0 Å². The van der Waals surface area contributed by atoms with Crippen molar-refractivity contribution in [2.45, 2.75) is 51.1 Å². The molecule has 6 heteroatoms. The highest BCUT2D eigenvalue weighted by atomic mass is 16.2. The molecule has 0 spiro atoms. The average Bonchev–Trinajstić information content (AvgIpc) is 3.01. The number of anilines is 1. The Hall–Kier alpha value is -2.89. The summed E-state index contributed by atoms with van der Waals surface area (Å²) in [6.07, 6.45) is 4.13. The minimum Gasteiger partial charge on any atom is -0.320 e. The number of aryl methyl sites for hydroxylation is 1. The normalized spacial score (nSPS) is 18.3. The van der Waals surface area contributed by atoms with Gasteiger partial charge in [0.1, 0.15) is 11.4 Å². The van der Waals surface area contributed by atoms with E-state index in [9.17, 15) is 14.4 Å². The van der Waals surface area contributed by atoms with Crippen LogP contribution in [0.25, 0.3) is 0 Å². The number of aromatic nitrogens is 1. The topological polar surface area (TPSA) is 82.3 Å². The number of carbonyl (C=O) groups is 2. The van der Waals surface area contributed by atoms with E-state index in [2.05, 4.69) is 10.3 Å². The van der Waals surface area contributed by atoms with Crippen molar-refractivity contribution in [3.63, 3.8) is 0 Å². The molecule has 2 heterocycles. The van der Waals surface area contributed by atoms with Crippen LogP contribution in [0.15, 0.2) is 41.2 Å². The summed E-state index contributed by atoms with van der Waals surface area (Å²) in [5.74, 6) is 0.0629. The number of hydrogen-bond acceptors (Lipinski definition) is 3. The Bertz CT molecular complexity index is 957. The zero-order chi connectivity index (χ0) is 19.0. The van der Waals surface area contributed by atoms with E-state index in [0.29, 0.717) is 30.8 Å². The molecule has 0 radical (unpaired) electrons. The van der Waals surface area contributed by atoms with Gasteiger partial charge in [-0.05, 0) is 43.0 Å². The first kappa shape index (κ1) is 17.5. The summed E-state index contributed by atoms with van der Waals surface area (Å²) >= 11 is 0. The number of nitrogens with zero attached hydrogens (tertiary/aromatic N) is 1. The number of carbonyl (C=O) groups excluding carboxylic acids is 2. The molecular formula is C21H23N3O3. The Morgan fingerprint density at radius 2 is 1.81 bits per heavy atom. The Morgan fingerprint density at radius 3 is 2.52 bits per heavy atom. The molecule has 2 amide bonds. The van der Waals surface area contributed by atoms with Gasteiger partial charge in [-0.2, -0.15) is 0 Å². The minimum atomic E-state index is -0.881. The van der Waals surface area contributed by atoms with Crippen molar-refractivity contribution in [2.75, 3.05) is 5.32 Å². The van der Waals surface area contributed by atoms with Crippen LogP contribution in [0.2, 0.25) is 0 Å². The summed E-state index contributed by atoms with van der Waals surface area (Å²) in [6, 6.07) is 10.4. The van der Waals surface area contributed by atoms with Crippen LogP contribution in [0.3, 0.4) is 0 Å². The Labute approximate surface area is 157 Å². The fourth-order valence-electron chi connectivity index (χ4n) is 4.35. The third kappa shape index (κ3) is 2.95. The molecule has 6 nitrogen and oxygen atoms in total. The number of fused-ring (bicyclic) bond motifs is 1. The van der Waals surface area contributed by atoms with Crippen LogP contribution in [-0.2, 0) is 11.3 Å². The summed E-state index contributed by atoms with van der Waals surface area (Å²) in [5, 5.41) is 2.84. The third-order valence-electron chi connectivity index (χ3n) is 5.84. The van der Waals surface area contributed by atoms with Gasteiger partial charge in [-0.1, -0.05) is 37.5 Å². The molecule has 27 heavy (non-hydrogen) atoms. The second-order valence-corrected chi connectivity index (χ2v) is 7.47. The molecule has 2 N–H and O–H groups in total. The van der Waals surface area contributed by atoms with E-state index in [1.165, 1.54) is 6.07 Å². The Kier molecular flexibility index (Phi) is 4.34. The zero-order valence-corrected chi connectivity index (χ0v) is 15.4. The summed E-state index contributed by atoms with van der Waals surface area (Å²) in [5.41, 5.74) is 1.62. The second kappa shape index (κ2) is 6.68. The molecule has 1 fully saturated rings. The van der Waals surface area contributed by atoms with Crippen LogP contribution in [0, 0.1) is 6.92 Å². The van der Waals surface area contributed by atoms with Gasteiger partial charge < -0.3 is 15.2 Å². The molecule has 2 aromatic rings. The van der Waals surface area contributed by atoms with E-state index in [4.69, 9.17) is 0 Å². The van der Waals surface area contributed by atoms with Crippen molar-refractivity contribution in [1.82, 2.24) is 9.88 Å². The van der Waals surface area contributed by atoms with Gasteiger partial charge in [0.25, 0.3) is 11.8 Å². The van der Waals surface area contributed by atoms with Crippen molar-refractivity contribution < 1.29 is 9.59 Å². The van der Waals surface area contributed by atoms with E-state index in [-0.39, 0.29) is 17.4 Å². The predicted molar refractivity (Wildman–Crippen MR) is 103 cm³/mol. The van der Waals surface area contributed by atoms with Crippen LogP contribution in [-0.4, -0.2) is 27.2 Å². The summed E-state index contributed by atoms with van der Waals surface area (Å²) < 4.78 is 0. The summed E-state index contributed by atoms with van der Waals surface area (Å²) in [6.45, 7) is 2.46. The number of nitrogens with one attached hydrogen (secondary N) is 2. The van der Waals surface area contributed by atoms with Crippen molar-refractivity contribution in [1.29, 1.82) is 0 Å². The van der Waals surface area contributed by atoms with Gasteiger partial charge in [0.15, 0.2) is 0 Å². The highest BCUT2D eigenvalue weighted by molar-refractivity contribution is 6.05. The predicted octanol–water partition coefficient (Wildman–Crippen LogP) is 2.98. The van der Waals surface area contributed by atoms with E-state index >= 15 is 0 Å². The standard InChI is InChI=1S/C21H23N3O3/c1-14-7-5-8-15-16(14)13-24(19(15)26)21(11-3-2-4-12-21)20(27)23-17-9-6-10-18(25)22-17/h5-10H,2-4,11-13H2,1H3,(H2,22,23,25,27). The zero-order valence-electron chi connectivity index (χ0n) is 15.4. The maximum absolute atomic E-state index is 13.3. The van der Waals surface area contributed by atoms with E-state index in [0.717, 1.165) is 30.4 Å². The van der Waals surface area contributed by atoms with Crippen LogP contribution in [0.4, 0.5) is 5.82 Å². The number of hydrogen-bond donors (Lipinski definition) is 2. The SMILES string of the molecule is Cc1cccc2c1CN(C1(C(=O)Nc3cccc(=O)[nH]3)CCCCC1)C2=O. The highest BCUT2D eigenvalue weighted by Crippen LogP contribution is 2.40. The van der Waals surface area contributed by atoms with E-state index in [1.54, 1.807) is 17.0 Å². The molecular weight excluding hydrogens is 342 g/mol. The second-order valence-electron chi connectivity index (χ2n) is 7.47. The van der Waals surface area contributed by atoms with Crippen LogP contribution in [0.5, 0.6) is 0 Å². The lowest BCUT2D eigenvalue weighted by Gasteiger charge is -2.43. The van der Waals surface area contributed by atoms with Crippen molar-refractivity contribution >= 4 is 17.6 Å². The van der Waals surface area contributed by atoms with Crippen LogP contribution < -0.4 is 10.9 Å². The summed E-state index contributed by atoms with van der Waals surface area (Å²) in [7, 11) is 0. The van der Waals surface area contributed by atoms with Crippen molar-refractivity contribution in [3.8, 4) is 0 Å². The molecule has 140 valence electrons. The van der Waals surface area contributed by atoms with E-state index in [1.807, 2.05) is 25.1 Å². The van der Waals surface area contributed by atoms with Gasteiger partial charge in [-0.3, -0.25) is 14.4 Å². The molecule has 0 unspecified atom stereocenters. The summed E-state index contributed by atoms with van der Waals surface area (Å²) in [4.78, 5) is 42.4. The minimum absolute atomic E-state index is 0.0766. The lowest BCUT2D eigenvalue weighted by Crippen LogP contribution is -2.58.